The van der Waals surface area contributed by atoms with E-state index >= 15 is 0 Å². The first-order valence-electron chi connectivity index (χ1n) is 9.97. The van der Waals surface area contributed by atoms with Gasteiger partial charge in [-0.3, -0.25) is 9.36 Å². The van der Waals surface area contributed by atoms with Gasteiger partial charge in [-0.05, 0) is 42.6 Å². The molecule has 2 aromatic carbocycles. The van der Waals surface area contributed by atoms with Crippen LogP contribution in [0, 0.1) is 0 Å². The summed E-state index contributed by atoms with van der Waals surface area (Å²) >= 11 is 6.41. The fourth-order valence-corrected chi connectivity index (χ4v) is 4.25. The van der Waals surface area contributed by atoms with Gasteiger partial charge in [0.1, 0.15) is 5.52 Å². The third-order valence-electron chi connectivity index (χ3n) is 5.46. The van der Waals surface area contributed by atoms with Crippen molar-refractivity contribution in [3.05, 3.63) is 94.3 Å². The van der Waals surface area contributed by atoms with Crippen molar-refractivity contribution < 1.29 is 0 Å². The smallest absolute Gasteiger partial charge is 0.264 e. The van der Waals surface area contributed by atoms with E-state index in [1.165, 1.54) is 0 Å². The molecule has 0 aliphatic rings. The number of pyridine rings is 2. The average molecular weight is 430 g/mol. The van der Waals surface area contributed by atoms with Gasteiger partial charge in [0.2, 0.25) is 0 Å². The number of hydrogen-bond donors (Lipinski definition) is 1. The van der Waals surface area contributed by atoms with Gasteiger partial charge in [-0.15, -0.1) is 0 Å². The Bertz CT molecular complexity index is 1470. The van der Waals surface area contributed by atoms with E-state index in [0.717, 1.165) is 27.8 Å². The van der Waals surface area contributed by atoms with E-state index in [0.29, 0.717) is 16.2 Å². The standard InChI is InChI=1S/C24H20ClN5O/c1-15(28-23-22-19(11-12-26-23)27-14-29(22)2)20-13-16-7-6-10-18(25)21(16)24(31)30(20)17-8-4-3-5-9-17/h3-15H,1-2H3,(H,26,28)/t15-/m0/s1. The van der Waals surface area contributed by atoms with Crippen molar-refractivity contribution in [2.75, 3.05) is 5.32 Å². The van der Waals surface area contributed by atoms with Crippen LogP contribution in [0.2, 0.25) is 5.02 Å². The zero-order chi connectivity index (χ0) is 21.5. The molecule has 0 unspecified atom stereocenters. The van der Waals surface area contributed by atoms with Crippen LogP contribution in [-0.4, -0.2) is 19.1 Å². The molecule has 5 rings (SSSR count). The molecule has 5 aromatic rings. The number of hydrogen-bond acceptors (Lipinski definition) is 4. The number of anilines is 1. The van der Waals surface area contributed by atoms with Gasteiger partial charge < -0.3 is 9.88 Å². The van der Waals surface area contributed by atoms with Crippen molar-refractivity contribution in [3.8, 4) is 5.69 Å². The SMILES string of the molecule is C[C@H](Nc1nccc2ncn(C)c12)c1cc2cccc(Cl)c2c(=O)n1-c1ccccc1. The predicted octanol–water partition coefficient (Wildman–Crippen LogP) is 5.10. The molecule has 0 spiro atoms. The molecule has 154 valence electrons. The van der Waals surface area contributed by atoms with E-state index in [4.69, 9.17) is 11.6 Å². The average Bonchev–Trinajstić information content (AvgIpc) is 3.16. The molecule has 0 aliphatic heterocycles. The maximum Gasteiger partial charge on any atom is 0.264 e. The molecule has 3 heterocycles. The second-order valence-electron chi connectivity index (χ2n) is 7.50. The molecule has 31 heavy (non-hydrogen) atoms. The summed E-state index contributed by atoms with van der Waals surface area (Å²) in [5.41, 5.74) is 3.21. The van der Waals surface area contributed by atoms with Gasteiger partial charge in [0, 0.05) is 24.6 Å². The quantitative estimate of drug-likeness (QED) is 0.431. The van der Waals surface area contributed by atoms with Crippen molar-refractivity contribution in [2.24, 2.45) is 7.05 Å². The minimum atomic E-state index is -0.218. The summed E-state index contributed by atoms with van der Waals surface area (Å²) in [6.07, 6.45) is 3.49. The molecule has 3 aromatic heterocycles. The highest BCUT2D eigenvalue weighted by molar-refractivity contribution is 6.35. The van der Waals surface area contributed by atoms with E-state index in [-0.39, 0.29) is 11.6 Å². The van der Waals surface area contributed by atoms with Crippen LogP contribution in [0.4, 0.5) is 5.82 Å². The minimum Gasteiger partial charge on any atom is -0.360 e. The van der Waals surface area contributed by atoms with Crippen LogP contribution in [0.5, 0.6) is 0 Å². The number of aromatic nitrogens is 4. The van der Waals surface area contributed by atoms with E-state index < -0.39 is 0 Å². The van der Waals surface area contributed by atoms with Crippen LogP contribution in [0.25, 0.3) is 27.5 Å². The Kier molecular flexibility index (Phi) is 4.71. The highest BCUT2D eigenvalue weighted by Crippen LogP contribution is 2.28. The second-order valence-corrected chi connectivity index (χ2v) is 7.91. The number of halogens is 1. The topological polar surface area (TPSA) is 64.7 Å². The Labute approximate surface area is 183 Å². The molecule has 0 saturated carbocycles. The number of para-hydroxylation sites is 1. The molecule has 0 saturated heterocycles. The number of benzene rings is 2. The molecule has 1 N–H and O–H groups in total. The molecule has 0 fully saturated rings. The number of imidazole rings is 1. The molecular weight excluding hydrogens is 410 g/mol. The fraction of sp³-hybridized carbons (Fsp3) is 0.125. The third kappa shape index (κ3) is 3.25. The van der Waals surface area contributed by atoms with Crippen LogP contribution < -0.4 is 10.9 Å². The van der Waals surface area contributed by atoms with Crippen molar-refractivity contribution >= 4 is 39.2 Å². The molecule has 6 nitrogen and oxygen atoms in total. The Morgan fingerprint density at radius 1 is 1.03 bits per heavy atom. The number of nitrogens with one attached hydrogen (secondary N) is 1. The van der Waals surface area contributed by atoms with Crippen LogP contribution in [0.15, 0.2) is 78.0 Å². The first-order chi connectivity index (χ1) is 15.0. The van der Waals surface area contributed by atoms with Gasteiger partial charge in [-0.25, -0.2) is 9.97 Å². The molecule has 0 bridgehead atoms. The zero-order valence-corrected chi connectivity index (χ0v) is 17.8. The lowest BCUT2D eigenvalue weighted by Gasteiger charge is -2.22. The number of aryl methyl sites for hydroxylation is 1. The zero-order valence-electron chi connectivity index (χ0n) is 17.1. The first-order valence-corrected chi connectivity index (χ1v) is 10.3. The lowest BCUT2D eigenvalue weighted by atomic mass is 10.1. The normalized spacial score (nSPS) is 12.4. The lowest BCUT2D eigenvalue weighted by Crippen LogP contribution is -2.26. The molecular formula is C24H20ClN5O. The monoisotopic (exact) mass is 429 g/mol. The summed E-state index contributed by atoms with van der Waals surface area (Å²) in [7, 11) is 1.94. The Morgan fingerprint density at radius 2 is 1.84 bits per heavy atom. The summed E-state index contributed by atoms with van der Waals surface area (Å²) in [4.78, 5) is 22.5. The first kappa shape index (κ1) is 19.3. The number of nitrogens with zero attached hydrogens (tertiary/aromatic N) is 4. The van der Waals surface area contributed by atoms with E-state index in [9.17, 15) is 4.79 Å². The van der Waals surface area contributed by atoms with Crippen molar-refractivity contribution in [2.45, 2.75) is 13.0 Å². The van der Waals surface area contributed by atoms with Crippen LogP contribution >= 0.6 is 11.6 Å². The maximum absolute atomic E-state index is 13.6. The second kappa shape index (κ2) is 7.56. The Hall–Kier alpha value is -3.64. The highest BCUT2D eigenvalue weighted by Gasteiger charge is 2.19. The molecule has 0 radical (unpaired) electrons. The van der Waals surface area contributed by atoms with Crippen LogP contribution in [0.1, 0.15) is 18.7 Å². The van der Waals surface area contributed by atoms with Crippen LogP contribution in [-0.2, 0) is 7.05 Å². The lowest BCUT2D eigenvalue weighted by molar-refractivity contribution is 0.773. The largest absolute Gasteiger partial charge is 0.360 e. The van der Waals surface area contributed by atoms with Gasteiger partial charge in [0.25, 0.3) is 5.56 Å². The van der Waals surface area contributed by atoms with Gasteiger partial charge in [0.05, 0.1) is 28.3 Å². The van der Waals surface area contributed by atoms with Gasteiger partial charge in [-0.1, -0.05) is 41.9 Å². The van der Waals surface area contributed by atoms with Gasteiger partial charge in [0.15, 0.2) is 5.82 Å². The van der Waals surface area contributed by atoms with Crippen molar-refractivity contribution in [1.29, 1.82) is 0 Å². The molecule has 7 heteroatoms. The molecule has 0 aliphatic carbocycles. The maximum atomic E-state index is 13.6. The number of rotatable bonds is 4. The van der Waals surface area contributed by atoms with E-state index in [2.05, 4.69) is 15.3 Å². The number of fused-ring (bicyclic) bond motifs is 2. The van der Waals surface area contributed by atoms with Crippen molar-refractivity contribution in [3.63, 3.8) is 0 Å². The minimum absolute atomic E-state index is 0.148. The van der Waals surface area contributed by atoms with Crippen LogP contribution in [0.3, 0.4) is 0 Å². The van der Waals surface area contributed by atoms with Gasteiger partial charge in [-0.2, -0.15) is 0 Å². The van der Waals surface area contributed by atoms with E-state index in [1.54, 1.807) is 23.2 Å². The third-order valence-corrected chi connectivity index (χ3v) is 5.78. The summed E-state index contributed by atoms with van der Waals surface area (Å²) in [6, 6.07) is 18.8. The molecule has 1 atom stereocenters. The predicted molar refractivity (Wildman–Crippen MR) is 125 cm³/mol. The van der Waals surface area contributed by atoms with Crippen molar-refractivity contribution in [1.82, 2.24) is 19.1 Å². The Morgan fingerprint density at radius 3 is 2.65 bits per heavy atom. The summed E-state index contributed by atoms with van der Waals surface area (Å²) in [5, 5.41) is 5.24. The Balaban J connectivity index is 1.71. The summed E-state index contributed by atoms with van der Waals surface area (Å²) in [5.74, 6) is 0.711. The summed E-state index contributed by atoms with van der Waals surface area (Å²) in [6.45, 7) is 2.02. The molecule has 0 amide bonds. The fourth-order valence-electron chi connectivity index (χ4n) is 3.99. The van der Waals surface area contributed by atoms with Gasteiger partial charge >= 0.3 is 0 Å². The summed E-state index contributed by atoms with van der Waals surface area (Å²) < 4.78 is 3.65. The highest BCUT2D eigenvalue weighted by atomic mass is 35.5. The van der Waals surface area contributed by atoms with E-state index in [1.807, 2.05) is 73.1 Å².